The zero-order valence-corrected chi connectivity index (χ0v) is 16.3. The quantitative estimate of drug-likeness (QED) is 0.696. The Labute approximate surface area is 167 Å². The van der Waals surface area contributed by atoms with Gasteiger partial charge in [-0.3, -0.25) is 14.4 Å². The molecule has 2 amide bonds. The van der Waals surface area contributed by atoms with Gasteiger partial charge in [-0.15, -0.1) is 0 Å². The number of carbonyl (C=O) groups excluding carboxylic acids is 2. The highest BCUT2D eigenvalue weighted by Gasteiger charge is 2.29. The van der Waals surface area contributed by atoms with Gasteiger partial charge in [-0.05, 0) is 57.0 Å². The lowest BCUT2D eigenvalue weighted by Crippen LogP contribution is -2.28. The summed E-state index contributed by atoms with van der Waals surface area (Å²) in [5, 5.41) is 11.0. The fraction of sp³-hybridized carbons (Fsp3) is 0.273. The molecule has 0 aliphatic heterocycles. The van der Waals surface area contributed by atoms with Crippen molar-refractivity contribution < 1.29 is 9.59 Å². The minimum absolute atomic E-state index is 0.0356. The molecule has 1 aromatic heterocycles. The summed E-state index contributed by atoms with van der Waals surface area (Å²) >= 11 is 0. The predicted molar refractivity (Wildman–Crippen MR) is 112 cm³/mol. The minimum Gasteiger partial charge on any atom is -0.326 e. The summed E-state index contributed by atoms with van der Waals surface area (Å²) in [6.45, 7) is 3.69. The smallest absolute Gasteiger partial charge is 0.276 e. The van der Waals surface area contributed by atoms with E-state index in [1.165, 1.54) is 4.68 Å². The molecule has 4 rings (SSSR count). The summed E-state index contributed by atoms with van der Waals surface area (Å²) in [4.78, 5) is 37.4. The summed E-state index contributed by atoms with van der Waals surface area (Å²) in [5.74, 6) is -0.232. The number of carbonyl (C=O) groups is 2. The maximum absolute atomic E-state index is 12.9. The Morgan fingerprint density at radius 3 is 2.14 bits per heavy atom. The summed E-state index contributed by atoms with van der Waals surface area (Å²) in [6, 6.07) is 13.7. The van der Waals surface area contributed by atoms with Crippen LogP contribution in [-0.2, 0) is 4.79 Å². The van der Waals surface area contributed by atoms with Crippen LogP contribution in [0.25, 0.3) is 10.8 Å². The number of aromatic nitrogens is 2. The van der Waals surface area contributed by atoms with Crippen molar-refractivity contribution >= 4 is 34.0 Å². The van der Waals surface area contributed by atoms with Crippen molar-refractivity contribution in [2.75, 3.05) is 10.6 Å². The zero-order chi connectivity index (χ0) is 20.5. The molecule has 1 heterocycles. The highest BCUT2D eigenvalue weighted by molar-refractivity contribution is 6.11. The van der Waals surface area contributed by atoms with Crippen molar-refractivity contribution in [3.63, 3.8) is 0 Å². The molecule has 0 radical (unpaired) electrons. The lowest BCUT2D eigenvalue weighted by Gasteiger charge is -2.13. The second-order valence-corrected chi connectivity index (χ2v) is 7.53. The Bertz CT molecular complexity index is 1140. The molecule has 0 unspecified atom stereocenters. The molecule has 0 spiro atoms. The van der Waals surface area contributed by atoms with Crippen LogP contribution in [0.15, 0.2) is 53.3 Å². The van der Waals surface area contributed by atoms with Gasteiger partial charge >= 0.3 is 0 Å². The van der Waals surface area contributed by atoms with Crippen LogP contribution in [0.1, 0.15) is 43.2 Å². The van der Waals surface area contributed by atoms with Crippen LogP contribution < -0.4 is 16.2 Å². The highest BCUT2D eigenvalue weighted by Crippen LogP contribution is 2.30. The number of amides is 2. The summed E-state index contributed by atoms with van der Waals surface area (Å²) < 4.78 is 1.33. The van der Waals surface area contributed by atoms with E-state index < -0.39 is 5.91 Å². The van der Waals surface area contributed by atoms with Crippen molar-refractivity contribution in [2.24, 2.45) is 5.92 Å². The fourth-order valence-electron chi connectivity index (χ4n) is 3.14. The first-order valence-electron chi connectivity index (χ1n) is 9.68. The molecule has 7 heteroatoms. The van der Waals surface area contributed by atoms with Gasteiger partial charge in [-0.2, -0.15) is 5.10 Å². The molecule has 0 saturated heterocycles. The van der Waals surface area contributed by atoms with E-state index in [1.807, 2.05) is 13.8 Å². The molecular weight excluding hydrogens is 368 g/mol. The summed E-state index contributed by atoms with van der Waals surface area (Å²) in [6.07, 6.45) is 1.89. The molecule has 148 valence electrons. The van der Waals surface area contributed by atoms with Gasteiger partial charge in [0.2, 0.25) is 5.91 Å². The average Bonchev–Trinajstić information content (AvgIpc) is 3.55. The number of fused-ring (bicyclic) bond motifs is 1. The minimum atomic E-state index is -0.398. The first-order valence-corrected chi connectivity index (χ1v) is 9.68. The molecule has 7 nitrogen and oxygen atoms in total. The lowest BCUT2D eigenvalue weighted by atomic mass is 10.1. The van der Waals surface area contributed by atoms with E-state index in [4.69, 9.17) is 0 Å². The van der Waals surface area contributed by atoms with Crippen LogP contribution >= 0.6 is 0 Å². The molecule has 2 aromatic carbocycles. The third kappa shape index (κ3) is 3.89. The van der Waals surface area contributed by atoms with Crippen molar-refractivity contribution in [3.05, 3.63) is 64.6 Å². The van der Waals surface area contributed by atoms with E-state index in [-0.39, 0.29) is 29.1 Å². The number of hydrogen-bond donors (Lipinski definition) is 2. The molecule has 0 atom stereocenters. The number of nitrogens with zero attached hydrogens (tertiary/aromatic N) is 2. The van der Waals surface area contributed by atoms with Crippen LogP contribution in [0.5, 0.6) is 0 Å². The van der Waals surface area contributed by atoms with Crippen LogP contribution in [-0.4, -0.2) is 21.6 Å². The molecule has 1 aliphatic carbocycles. The second-order valence-electron chi connectivity index (χ2n) is 7.53. The third-order valence-electron chi connectivity index (χ3n) is 4.89. The predicted octanol–water partition coefficient (Wildman–Crippen LogP) is 3.58. The summed E-state index contributed by atoms with van der Waals surface area (Å²) in [5.41, 5.74) is 1.24. The standard InChI is InChI=1S/C22H22N4O3/c1-13(2)26-22(29)18-6-4-3-5-17(18)19(25-26)21(28)24-16-11-9-15(10-12-16)23-20(27)14-7-8-14/h3-6,9-14H,7-8H2,1-2H3,(H,23,27)(H,24,28). The van der Waals surface area contributed by atoms with E-state index in [2.05, 4.69) is 15.7 Å². The van der Waals surface area contributed by atoms with Crippen molar-refractivity contribution in [3.8, 4) is 0 Å². The summed E-state index contributed by atoms with van der Waals surface area (Å²) in [7, 11) is 0. The molecule has 2 N–H and O–H groups in total. The zero-order valence-electron chi connectivity index (χ0n) is 16.3. The third-order valence-corrected chi connectivity index (χ3v) is 4.89. The van der Waals surface area contributed by atoms with Crippen LogP contribution in [0.2, 0.25) is 0 Å². The molecular formula is C22H22N4O3. The second kappa shape index (κ2) is 7.50. The van der Waals surface area contributed by atoms with Gasteiger partial charge in [0, 0.05) is 22.7 Å². The Hall–Kier alpha value is -3.48. The molecule has 3 aromatic rings. The number of nitrogens with one attached hydrogen (secondary N) is 2. The Morgan fingerprint density at radius 1 is 0.966 bits per heavy atom. The Balaban J connectivity index is 1.59. The fourth-order valence-corrected chi connectivity index (χ4v) is 3.14. The van der Waals surface area contributed by atoms with E-state index in [0.717, 1.165) is 12.8 Å². The Morgan fingerprint density at radius 2 is 1.55 bits per heavy atom. The maximum atomic E-state index is 12.9. The lowest BCUT2D eigenvalue weighted by molar-refractivity contribution is -0.117. The van der Waals surface area contributed by atoms with Crippen molar-refractivity contribution in [1.82, 2.24) is 9.78 Å². The van der Waals surface area contributed by atoms with Gasteiger partial charge in [0.05, 0.1) is 11.4 Å². The molecule has 29 heavy (non-hydrogen) atoms. The topological polar surface area (TPSA) is 93.1 Å². The van der Waals surface area contributed by atoms with Gasteiger partial charge in [0.1, 0.15) is 0 Å². The van der Waals surface area contributed by atoms with Gasteiger partial charge in [0.15, 0.2) is 5.69 Å². The largest absolute Gasteiger partial charge is 0.326 e. The van der Waals surface area contributed by atoms with Crippen LogP contribution in [0, 0.1) is 5.92 Å². The number of anilines is 2. The SMILES string of the molecule is CC(C)n1nc(C(=O)Nc2ccc(NC(=O)C3CC3)cc2)c2ccccc2c1=O. The molecule has 0 bridgehead atoms. The van der Waals surface area contributed by atoms with E-state index in [0.29, 0.717) is 22.1 Å². The highest BCUT2D eigenvalue weighted by atomic mass is 16.2. The number of rotatable bonds is 5. The maximum Gasteiger partial charge on any atom is 0.276 e. The normalized spacial score (nSPS) is 13.5. The average molecular weight is 390 g/mol. The molecule has 1 saturated carbocycles. The van der Waals surface area contributed by atoms with Crippen LogP contribution in [0.4, 0.5) is 11.4 Å². The van der Waals surface area contributed by atoms with Gasteiger partial charge in [-0.1, -0.05) is 18.2 Å². The van der Waals surface area contributed by atoms with Gasteiger partial charge < -0.3 is 10.6 Å². The van der Waals surface area contributed by atoms with E-state index in [1.54, 1.807) is 48.5 Å². The Kier molecular flexibility index (Phi) is 4.88. The monoisotopic (exact) mass is 390 g/mol. The first-order chi connectivity index (χ1) is 13.9. The molecule has 1 fully saturated rings. The van der Waals surface area contributed by atoms with Crippen LogP contribution in [0.3, 0.4) is 0 Å². The van der Waals surface area contributed by atoms with E-state index >= 15 is 0 Å². The van der Waals surface area contributed by atoms with E-state index in [9.17, 15) is 14.4 Å². The van der Waals surface area contributed by atoms with Gasteiger partial charge in [0.25, 0.3) is 11.5 Å². The first kappa shape index (κ1) is 18.9. The van der Waals surface area contributed by atoms with Crippen molar-refractivity contribution in [1.29, 1.82) is 0 Å². The van der Waals surface area contributed by atoms with Gasteiger partial charge in [-0.25, -0.2) is 4.68 Å². The molecule has 1 aliphatic rings. The number of benzene rings is 2. The number of hydrogen-bond acceptors (Lipinski definition) is 4. The van der Waals surface area contributed by atoms with Crippen molar-refractivity contribution in [2.45, 2.75) is 32.7 Å².